The van der Waals surface area contributed by atoms with Crippen molar-refractivity contribution in [2.75, 3.05) is 4.90 Å². The maximum Gasteiger partial charge on any atom is 0.301 e. The van der Waals surface area contributed by atoms with Crippen molar-refractivity contribution in [3.63, 3.8) is 0 Å². The van der Waals surface area contributed by atoms with E-state index in [0.29, 0.717) is 11.3 Å². The van der Waals surface area contributed by atoms with Crippen molar-refractivity contribution in [1.82, 2.24) is 5.16 Å². The van der Waals surface area contributed by atoms with Gasteiger partial charge in [0.15, 0.2) is 5.82 Å². The van der Waals surface area contributed by atoms with Crippen LogP contribution in [0.5, 0.6) is 0 Å². The monoisotopic (exact) mass is 456 g/mol. The highest BCUT2D eigenvalue weighted by molar-refractivity contribution is 9.10. The van der Waals surface area contributed by atoms with Crippen LogP contribution in [0.15, 0.2) is 69.2 Å². The topological polar surface area (TPSA) is 83.6 Å². The molecule has 8 heteroatoms. The standard InChI is InChI=1S/C21H14BrFN2O4/c1-11-9-16(24-29-11)25-18(13-3-2-4-14(22)10-13)17(20(27)21(25)28)19(26)12-5-7-15(23)8-6-12/h2-10,18,26H,1H3/t18-/m1/s1. The molecule has 0 spiro atoms. The molecule has 1 aliphatic rings. The number of carbonyl (C=O) groups is 2. The van der Waals surface area contributed by atoms with Crippen molar-refractivity contribution < 1.29 is 23.6 Å². The van der Waals surface area contributed by atoms with Gasteiger partial charge in [-0.3, -0.25) is 14.5 Å². The van der Waals surface area contributed by atoms with Crippen molar-refractivity contribution in [2.24, 2.45) is 0 Å². The van der Waals surface area contributed by atoms with Gasteiger partial charge in [-0.1, -0.05) is 33.2 Å². The maximum atomic E-state index is 13.3. The van der Waals surface area contributed by atoms with Crippen molar-refractivity contribution in [3.8, 4) is 0 Å². The summed E-state index contributed by atoms with van der Waals surface area (Å²) in [5.41, 5.74) is 0.698. The van der Waals surface area contributed by atoms with E-state index in [1.807, 2.05) is 0 Å². The largest absolute Gasteiger partial charge is 0.507 e. The Kier molecular flexibility index (Phi) is 4.79. The second-order valence-electron chi connectivity index (χ2n) is 6.53. The molecule has 1 N–H and O–H groups in total. The summed E-state index contributed by atoms with van der Waals surface area (Å²) in [6, 6.07) is 12.7. The molecule has 0 radical (unpaired) electrons. The number of benzene rings is 2. The van der Waals surface area contributed by atoms with Crippen LogP contribution in [0.1, 0.15) is 22.9 Å². The first kappa shape index (κ1) is 19.1. The van der Waals surface area contributed by atoms with Crippen LogP contribution in [0.4, 0.5) is 10.2 Å². The number of Topliss-reactive ketones (excluding diaryl/α,β-unsaturated/α-hetero) is 1. The highest BCUT2D eigenvalue weighted by Crippen LogP contribution is 2.42. The highest BCUT2D eigenvalue weighted by Gasteiger charge is 2.48. The number of ketones is 1. The van der Waals surface area contributed by atoms with Gasteiger partial charge in [-0.2, -0.15) is 0 Å². The normalized spacial score (nSPS) is 18.4. The first-order valence-electron chi connectivity index (χ1n) is 8.62. The van der Waals surface area contributed by atoms with Gasteiger partial charge < -0.3 is 9.63 Å². The Morgan fingerprint density at radius 3 is 2.52 bits per heavy atom. The number of hydrogen-bond acceptors (Lipinski definition) is 5. The van der Waals surface area contributed by atoms with Gasteiger partial charge in [0, 0.05) is 16.1 Å². The van der Waals surface area contributed by atoms with Gasteiger partial charge in [0.2, 0.25) is 0 Å². The predicted octanol–water partition coefficient (Wildman–Crippen LogP) is 4.51. The molecular formula is C21H14BrFN2O4. The quantitative estimate of drug-likeness (QED) is 0.356. The molecule has 1 aromatic heterocycles. The molecule has 6 nitrogen and oxygen atoms in total. The van der Waals surface area contributed by atoms with E-state index >= 15 is 0 Å². The van der Waals surface area contributed by atoms with Crippen LogP contribution in [0, 0.1) is 12.7 Å². The molecule has 1 aliphatic heterocycles. The molecule has 0 saturated carbocycles. The number of halogens is 2. The summed E-state index contributed by atoms with van der Waals surface area (Å²) in [6.45, 7) is 1.67. The zero-order chi connectivity index (χ0) is 20.7. The van der Waals surface area contributed by atoms with Crippen molar-refractivity contribution >= 4 is 39.2 Å². The summed E-state index contributed by atoms with van der Waals surface area (Å²) in [7, 11) is 0. The summed E-state index contributed by atoms with van der Waals surface area (Å²) in [4.78, 5) is 26.9. The molecule has 0 bridgehead atoms. The molecule has 3 aromatic rings. The molecule has 146 valence electrons. The summed E-state index contributed by atoms with van der Waals surface area (Å²) in [6.07, 6.45) is 0. The lowest BCUT2D eigenvalue weighted by Crippen LogP contribution is -2.29. The molecule has 1 fully saturated rings. The van der Waals surface area contributed by atoms with Gasteiger partial charge in [-0.05, 0) is 48.9 Å². The molecular weight excluding hydrogens is 443 g/mol. The molecule has 1 atom stereocenters. The minimum absolute atomic E-state index is 0.111. The van der Waals surface area contributed by atoms with Crippen LogP contribution in [0.25, 0.3) is 5.76 Å². The van der Waals surface area contributed by atoms with Gasteiger partial charge in [0.05, 0.1) is 11.6 Å². The van der Waals surface area contributed by atoms with Crippen molar-refractivity contribution in [2.45, 2.75) is 13.0 Å². The summed E-state index contributed by atoms with van der Waals surface area (Å²) in [5.74, 6) is -1.95. The lowest BCUT2D eigenvalue weighted by Gasteiger charge is -2.23. The Hall–Kier alpha value is -3.26. The van der Waals surface area contributed by atoms with Gasteiger partial charge in [0.25, 0.3) is 5.78 Å². The lowest BCUT2D eigenvalue weighted by molar-refractivity contribution is -0.132. The van der Waals surface area contributed by atoms with Gasteiger partial charge in [-0.15, -0.1) is 0 Å². The number of aliphatic hydroxyl groups excluding tert-OH is 1. The number of aromatic nitrogens is 1. The van der Waals surface area contributed by atoms with E-state index in [2.05, 4.69) is 21.1 Å². The molecule has 4 rings (SSSR count). The zero-order valence-electron chi connectivity index (χ0n) is 15.1. The van der Waals surface area contributed by atoms with E-state index in [0.717, 1.165) is 4.47 Å². The fourth-order valence-corrected chi connectivity index (χ4v) is 3.71. The number of amides is 1. The number of rotatable bonds is 3. The SMILES string of the molecule is Cc1cc(N2C(=O)C(=O)C(=C(O)c3ccc(F)cc3)[C@H]2c2cccc(Br)c2)no1. The Bertz CT molecular complexity index is 1150. The third kappa shape index (κ3) is 3.36. The molecule has 0 aliphatic carbocycles. The first-order valence-corrected chi connectivity index (χ1v) is 9.42. The average Bonchev–Trinajstić information content (AvgIpc) is 3.23. The predicted molar refractivity (Wildman–Crippen MR) is 107 cm³/mol. The molecule has 1 amide bonds. The van der Waals surface area contributed by atoms with E-state index in [1.165, 1.54) is 35.2 Å². The highest BCUT2D eigenvalue weighted by atomic mass is 79.9. The zero-order valence-corrected chi connectivity index (χ0v) is 16.7. The summed E-state index contributed by atoms with van der Waals surface area (Å²) >= 11 is 3.39. The fourth-order valence-electron chi connectivity index (χ4n) is 3.29. The minimum atomic E-state index is -0.929. The van der Waals surface area contributed by atoms with Crippen LogP contribution in [0.2, 0.25) is 0 Å². The molecule has 2 aromatic carbocycles. The Morgan fingerprint density at radius 1 is 1.17 bits per heavy atom. The number of carbonyl (C=O) groups excluding carboxylic acids is 2. The molecule has 29 heavy (non-hydrogen) atoms. The van der Waals surface area contributed by atoms with E-state index in [4.69, 9.17) is 4.52 Å². The number of nitrogens with zero attached hydrogens (tertiary/aromatic N) is 2. The Labute approximate surface area is 173 Å². The molecule has 1 saturated heterocycles. The number of aliphatic hydroxyl groups is 1. The van der Waals surface area contributed by atoms with Crippen LogP contribution in [-0.4, -0.2) is 22.0 Å². The number of anilines is 1. The van der Waals surface area contributed by atoms with Crippen LogP contribution in [0.3, 0.4) is 0 Å². The fraction of sp³-hybridized carbons (Fsp3) is 0.0952. The average molecular weight is 457 g/mol. The van der Waals surface area contributed by atoms with Crippen LogP contribution < -0.4 is 4.90 Å². The maximum absolute atomic E-state index is 13.3. The van der Waals surface area contributed by atoms with Crippen LogP contribution in [-0.2, 0) is 9.59 Å². The van der Waals surface area contributed by atoms with E-state index < -0.39 is 29.3 Å². The molecule has 2 heterocycles. The Balaban J connectivity index is 1.95. The van der Waals surface area contributed by atoms with Gasteiger partial charge >= 0.3 is 5.91 Å². The van der Waals surface area contributed by atoms with Gasteiger partial charge in [0.1, 0.15) is 17.3 Å². The smallest absolute Gasteiger partial charge is 0.301 e. The number of aryl methyl sites for hydroxylation is 1. The Morgan fingerprint density at radius 2 is 1.90 bits per heavy atom. The summed E-state index contributed by atoms with van der Waals surface area (Å²) in [5, 5.41) is 14.7. The third-order valence-corrected chi connectivity index (χ3v) is 5.08. The lowest BCUT2D eigenvalue weighted by atomic mass is 9.95. The van der Waals surface area contributed by atoms with Crippen molar-refractivity contribution in [1.29, 1.82) is 0 Å². The summed E-state index contributed by atoms with van der Waals surface area (Å²) < 4.78 is 19.1. The second kappa shape index (κ2) is 7.29. The van der Waals surface area contributed by atoms with E-state index in [-0.39, 0.29) is 17.0 Å². The van der Waals surface area contributed by atoms with E-state index in [1.54, 1.807) is 31.2 Å². The molecule has 0 unspecified atom stereocenters. The van der Waals surface area contributed by atoms with E-state index in [9.17, 15) is 19.1 Å². The second-order valence-corrected chi connectivity index (χ2v) is 7.44. The van der Waals surface area contributed by atoms with Gasteiger partial charge in [-0.25, -0.2) is 4.39 Å². The van der Waals surface area contributed by atoms with Crippen LogP contribution >= 0.6 is 15.9 Å². The minimum Gasteiger partial charge on any atom is -0.507 e. The number of hydrogen-bond donors (Lipinski definition) is 1. The van der Waals surface area contributed by atoms with Crippen molar-refractivity contribution in [3.05, 3.63) is 87.3 Å². The third-order valence-electron chi connectivity index (χ3n) is 4.59. The first-order chi connectivity index (χ1) is 13.9.